The van der Waals surface area contributed by atoms with E-state index in [1.807, 2.05) is 38.4 Å². The maximum Gasteiger partial charge on any atom is 0.221 e. The predicted octanol–water partition coefficient (Wildman–Crippen LogP) is 0.568. The molecule has 0 bridgehead atoms. The Morgan fingerprint density at radius 1 is 1.20 bits per heavy atom. The third kappa shape index (κ3) is 6.82. The van der Waals surface area contributed by atoms with E-state index < -0.39 is 0 Å². The van der Waals surface area contributed by atoms with Crippen molar-refractivity contribution in [2.45, 2.75) is 32.9 Å². The molecule has 0 spiro atoms. The zero-order valence-corrected chi connectivity index (χ0v) is 12.5. The molecule has 0 aliphatic rings. The van der Waals surface area contributed by atoms with Crippen LogP contribution in [0.25, 0.3) is 0 Å². The Balaban J connectivity index is 2.15. The van der Waals surface area contributed by atoms with Crippen molar-refractivity contribution in [3.63, 3.8) is 0 Å². The first-order chi connectivity index (χ1) is 9.61. The number of rotatable bonds is 7. The van der Waals surface area contributed by atoms with E-state index in [2.05, 4.69) is 25.5 Å². The molecular formula is C14H25N5O. The number of hydrogen-bond acceptors (Lipinski definition) is 2. The second-order valence-electron chi connectivity index (χ2n) is 4.82. The van der Waals surface area contributed by atoms with Crippen molar-refractivity contribution in [3.05, 3.63) is 24.5 Å². The van der Waals surface area contributed by atoms with Crippen LogP contribution < -0.4 is 16.0 Å². The van der Waals surface area contributed by atoms with Crippen molar-refractivity contribution in [1.82, 2.24) is 20.5 Å². The molecule has 1 amide bonds. The fourth-order valence-electron chi connectivity index (χ4n) is 1.73. The summed E-state index contributed by atoms with van der Waals surface area (Å²) < 4.78 is 2.09. The quantitative estimate of drug-likeness (QED) is 0.505. The molecule has 6 nitrogen and oxygen atoms in total. The highest BCUT2D eigenvalue weighted by Crippen LogP contribution is 1.88. The summed E-state index contributed by atoms with van der Waals surface area (Å²) >= 11 is 0. The van der Waals surface area contributed by atoms with Gasteiger partial charge in [-0.1, -0.05) is 0 Å². The van der Waals surface area contributed by atoms with Gasteiger partial charge in [-0.25, -0.2) is 0 Å². The SMILES string of the molecule is CN=C(NCCC(=O)NC(C)C)NCCn1cccc1. The van der Waals surface area contributed by atoms with Crippen LogP contribution in [0.5, 0.6) is 0 Å². The van der Waals surface area contributed by atoms with E-state index in [0.29, 0.717) is 13.0 Å². The molecule has 1 heterocycles. The molecule has 0 saturated heterocycles. The highest BCUT2D eigenvalue weighted by atomic mass is 16.1. The lowest BCUT2D eigenvalue weighted by atomic mass is 10.3. The molecule has 0 aromatic carbocycles. The van der Waals surface area contributed by atoms with Crippen molar-refractivity contribution in [2.24, 2.45) is 4.99 Å². The molecule has 0 aliphatic heterocycles. The number of guanidine groups is 1. The lowest BCUT2D eigenvalue weighted by Crippen LogP contribution is -2.41. The number of nitrogens with zero attached hydrogens (tertiary/aromatic N) is 2. The van der Waals surface area contributed by atoms with E-state index in [4.69, 9.17) is 0 Å². The van der Waals surface area contributed by atoms with Crippen LogP contribution in [0, 0.1) is 0 Å². The van der Waals surface area contributed by atoms with Gasteiger partial charge in [0.2, 0.25) is 5.91 Å². The Hall–Kier alpha value is -1.98. The zero-order chi connectivity index (χ0) is 14.8. The fourth-order valence-corrected chi connectivity index (χ4v) is 1.73. The lowest BCUT2D eigenvalue weighted by molar-refractivity contribution is -0.121. The Bertz CT molecular complexity index is 411. The van der Waals surface area contributed by atoms with Gasteiger partial charge in [0.25, 0.3) is 0 Å². The summed E-state index contributed by atoms with van der Waals surface area (Å²) in [5, 5.41) is 9.18. The van der Waals surface area contributed by atoms with Crippen LogP contribution in [0.4, 0.5) is 0 Å². The topological polar surface area (TPSA) is 70.4 Å². The van der Waals surface area contributed by atoms with Crippen LogP contribution in [0.2, 0.25) is 0 Å². The molecule has 1 rings (SSSR count). The maximum absolute atomic E-state index is 11.5. The largest absolute Gasteiger partial charge is 0.356 e. The summed E-state index contributed by atoms with van der Waals surface area (Å²) in [7, 11) is 1.72. The minimum atomic E-state index is 0.0512. The van der Waals surface area contributed by atoms with Gasteiger partial charge in [-0.05, 0) is 26.0 Å². The van der Waals surface area contributed by atoms with Gasteiger partial charge in [0.1, 0.15) is 0 Å². The molecule has 0 atom stereocenters. The van der Waals surface area contributed by atoms with Gasteiger partial charge >= 0.3 is 0 Å². The predicted molar refractivity (Wildman–Crippen MR) is 81.7 cm³/mol. The van der Waals surface area contributed by atoms with Crippen LogP contribution in [0.3, 0.4) is 0 Å². The first kappa shape index (κ1) is 16.1. The molecule has 1 aromatic heterocycles. The van der Waals surface area contributed by atoms with Crippen LogP contribution in [0.1, 0.15) is 20.3 Å². The van der Waals surface area contributed by atoms with Crippen LogP contribution >= 0.6 is 0 Å². The van der Waals surface area contributed by atoms with Gasteiger partial charge in [-0.3, -0.25) is 9.79 Å². The Labute approximate surface area is 120 Å². The van der Waals surface area contributed by atoms with Crippen LogP contribution in [-0.4, -0.2) is 42.6 Å². The first-order valence-electron chi connectivity index (χ1n) is 6.96. The van der Waals surface area contributed by atoms with Crippen molar-refractivity contribution < 1.29 is 4.79 Å². The molecule has 0 saturated carbocycles. The second kappa shape index (κ2) is 9.01. The minimum Gasteiger partial charge on any atom is -0.356 e. The molecule has 0 fully saturated rings. The second-order valence-corrected chi connectivity index (χ2v) is 4.82. The summed E-state index contributed by atoms with van der Waals surface area (Å²) in [6, 6.07) is 4.18. The summed E-state index contributed by atoms with van der Waals surface area (Å²) in [5.41, 5.74) is 0. The highest BCUT2D eigenvalue weighted by molar-refractivity contribution is 5.81. The summed E-state index contributed by atoms with van der Waals surface area (Å²) in [6.45, 7) is 6.13. The summed E-state index contributed by atoms with van der Waals surface area (Å²) in [5.74, 6) is 0.768. The van der Waals surface area contributed by atoms with Gasteiger partial charge in [-0.15, -0.1) is 0 Å². The number of hydrogen-bond donors (Lipinski definition) is 3. The maximum atomic E-state index is 11.5. The van der Waals surface area contributed by atoms with Gasteiger partial charge in [0.05, 0.1) is 0 Å². The molecule has 1 aromatic rings. The van der Waals surface area contributed by atoms with Gasteiger partial charge < -0.3 is 20.5 Å². The number of aliphatic imine (C=N–C) groups is 1. The average Bonchev–Trinajstić information content (AvgIpc) is 2.89. The van der Waals surface area contributed by atoms with Crippen LogP contribution in [0.15, 0.2) is 29.5 Å². The Kier molecular flexibility index (Phi) is 7.24. The fraction of sp³-hybridized carbons (Fsp3) is 0.571. The smallest absolute Gasteiger partial charge is 0.221 e. The highest BCUT2D eigenvalue weighted by Gasteiger charge is 2.03. The minimum absolute atomic E-state index is 0.0512. The van der Waals surface area contributed by atoms with Gasteiger partial charge in [0, 0.05) is 51.5 Å². The van der Waals surface area contributed by atoms with E-state index in [9.17, 15) is 4.79 Å². The Morgan fingerprint density at radius 3 is 2.45 bits per heavy atom. The third-order valence-electron chi connectivity index (χ3n) is 2.65. The van der Waals surface area contributed by atoms with Gasteiger partial charge in [0.15, 0.2) is 5.96 Å². The third-order valence-corrected chi connectivity index (χ3v) is 2.65. The number of carbonyl (C=O) groups is 1. The number of nitrogens with one attached hydrogen (secondary N) is 3. The number of aromatic nitrogens is 1. The summed E-state index contributed by atoms with van der Waals surface area (Å²) in [6.07, 6.45) is 4.48. The van der Waals surface area contributed by atoms with E-state index in [0.717, 1.165) is 19.0 Å². The Morgan fingerprint density at radius 2 is 1.85 bits per heavy atom. The van der Waals surface area contributed by atoms with Gasteiger partial charge in [-0.2, -0.15) is 0 Å². The average molecular weight is 279 g/mol. The van der Waals surface area contributed by atoms with Crippen LogP contribution in [-0.2, 0) is 11.3 Å². The first-order valence-corrected chi connectivity index (χ1v) is 6.96. The number of carbonyl (C=O) groups excluding carboxylic acids is 1. The molecule has 0 unspecified atom stereocenters. The zero-order valence-electron chi connectivity index (χ0n) is 12.5. The molecule has 3 N–H and O–H groups in total. The molecule has 6 heteroatoms. The molecule has 0 radical (unpaired) electrons. The van der Waals surface area contributed by atoms with E-state index in [1.54, 1.807) is 7.05 Å². The van der Waals surface area contributed by atoms with Crippen molar-refractivity contribution in [3.8, 4) is 0 Å². The monoisotopic (exact) mass is 279 g/mol. The lowest BCUT2D eigenvalue weighted by Gasteiger charge is -2.13. The van der Waals surface area contributed by atoms with E-state index in [-0.39, 0.29) is 11.9 Å². The van der Waals surface area contributed by atoms with E-state index >= 15 is 0 Å². The number of amides is 1. The standard InChI is InChI=1S/C14H25N5O/c1-12(2)18-13(20)6-7-16-14(15-3)17-8-11-19-9-4-5-10-19/h4-5,9-10,12H,6-8,11H2,1-3H3,(H,18,20)(H2,15,16,17). The molecule has 0 aliphatic carbocycles. The molecular weight excluding hydrogens is 254 g/mol. The molecule has 20 heavy (non-hydrogen) atoms. The summed E-state index contributed by atoms with van der Waals surface area (Å²) in [4.78, 5) is 15.6. The van der Waals surface area contributed by atoms with Crippen molar-refractivity contribution in [2.75, 3.05) is 20.1 Å². The van der Waals surface area contributed by atoms with Crippen molar-refractivity contribution >= 4 is 11.9 Å². The van der Waals surface area contributed by atoms with E-state index in [1.165, 1.54) is 0 Å². The normalized spacial score (nSPS) is 11.5. The molecule has 112 valence electrons. The van der Waals surface area contributed by atoms with Crippen molar-refractivity contribution in [1.29, 1.82) is 0 Å².